The Morgan fingerprint density at radius 1 is 1.13 bits per heavy atom. The van der Waals surface area contributed by atoms with Crippen molar-refractivity contribution >= 4 is 28.8 Å². The van der Waals surface area contributed by atoms with Gasteiger partial charge in [0.2, 0.25) is 0 Å². The fourth-order valence-corrected chi connectivity index (χ4v) is 3.60. The Morgan fingerprint density at radius 2 is 1.90 bits per heavy atom. The number of carbonyl (C=O) groups is 1. The van der Waals surface area contributed by atoms with Crippen molar-refractivity contribution in [2.24, 2.45) is 5.10 Å². The van der Waals surface area contributed by atoms with Crippen molar-refractivity contribution in [3.8, 4) is 5.69 Å². The van der Waals surface area contributed by atoms with Crippen LogP contribution in [0.1, 0.15) is 33.1 Å². The third-order valence-electron chi connectivity index (χ3n) is 5.12. The van der Waals surface area contributed by atoms with Gasteiger partial charge in [-0.1, -0.05) is 18.2 Å². The van der Waals surface area contributed by atoms with E-state index < -0.39 is 10.8 Å². The van der Waals surface area contributed by atoms with Crippen molar-refractivity contribution in [3.05, 3.63) is 93.0 Å². The topological polar surface area (TPSA) is 103 Å². The van der Waals surface area contributed by atoms with Gasteiger partial charge in [-0.25, -0.2) is 5.43 Å². The highest BCUT2D eigenvalue weighted by molar-refractivity contribution is 5.96. The van der Waals surface area contributed by atoms with Gasteiger partial charge in [0.15, 0.2) is 5.76 Å². The average molecular weight is 416 g/mol. The molecule has 0 fully saturated rings. The molecule has 156 valence electrons. The predicted molar refractivity (Wildman–Crippen MR) is 118 cm³/mol. The first-order chi connectivity index (χ1) is 14.8. The minimum Gasteiger partial charge on any atom is -0.451 e. The monoisotopic (exact) mass is 416 g/mol. The van der Waals surface area contributed by atoms with E-state index in [-0.39, 0.29) is 11.4 Å². The van der Waals surface area contributed by atoms with Crippen molar-refractivity contribution in [1.29, 1.82) is 0 Å². The number of hydrogen-bond acceptors (Lipinski definition) is 5. The van der Waals surface area contributed by atoms with Crippen LogP contribution in [0.15, 0.2) is 64.1 Å². The molecule has 0 bridgehead atoms. The Morgan fingerprint density at radius 3 is 2.61 bits per heavy atom. The molecule has 2 aromatic carbocycles. The Labute approximate surface area is 177 Å². The number of aryl methyl sites for hydroxylation is 2. The summed E-state index contributed by atoms with van der Waals surface area (Å²) in [6, 6.07) is 15.8. The summed E-state index contributed by atoms with van der Waals surface area (Å²) in [4.78, 5) is 22.9. The third-order valence-corrected chi connectivity index (χ3v) is 5.12. The van der Waals surface area contributed by atoms with E-state index in [1.54, 1.807) is 30.5 Å². The van der Waals surface area contributed by atoms with Gasteiger partial charge in [-0.05, 0) is 50.6 Å². The van der Waals surface area contributed by atoms with Gasteiger partial charge in [-0.3, -0.25) is 14.9 Å². The molecule has 8 heteroatoms. The van der Waals surface area contributed by atoms with Crippen molar-refractivity contribution < 1.29 is 14.1 Å². The number of nitrogens with zero attached hydrogens (tertiary/aromatic N) is 3. The van der Waals surface area contributed by atoms with Crippen LogP contribution in [0.2, 0.25) is 0 Å². The van der Waals surface area contributed by atoms with Crippen LogP contribution in [0.5, 0.6) is 0 Å². The zero-order valence-electron chi connectivity index (χ0n) is 17.2. The number of nitro groups is 1. The number of furan rings is 1. The molecular weight excluding hydrogens is 396 g/mol. The van der Waals surface area contributed by atoms with E-state index in [0.29, 0.717) is 5.58 Å². The van der Waals surface area contributed by atoms with Crippen LogP contribution in [-0.4, -0.2) is 21.6 Å². The maximum atomic E-state index is 12.3. The summed E-state index contributed by atoms with van der Waals surface area (Å²) < 4.78 is 7.54. The average Bonchev–Trinajstić information content (AvgIpc) is 3.29. The molecule has 2 aromatic heterocycles. The molecule has 0 aliphatic heterocycles. The van der Waals surface area contributed by atoms with Crippen molar-refractivity contribution in [2.45, 2.75) is 20.8 Å². The molecule has 0 saturated heterocycles. The second-order valence-corrected chi connectivity index (χ2v) is 7.24. The SMILES string of the molecule is Cc1cc([N+](=O)[O-])ccc1-n1c(C)cc(/C=N/NC(=O)c2cc3ccccc3o2)c1C. The molecule has 0 radical (unpaired) electrons. The maximum absolute atomic E-state index is 12.3. The van der Waals surface area contributed by atoms with Crippen LogP contribution >= 0.6 is 0 Å². The zero-order valence-corrected chi connectivity index (χ0v) is 17.2. The second kappa shape index (κ2) is 7.91. The Balaban J connectivity index is 1.55. The van der Waals surface area contributed by atoms with Crippen LogP contribution < -0.4 is 5.43 Å². The molecule has 4 aromatic rings. The summed E-state index contributed by atoms with van der Waals surface area (Å²) in [7, 11) is 0. The number of fused-ring (bicyclic) bond motifs is 1. The second-order valence-electron chi connectivity index (χ2n) is 7.24. The van der Waals surface area contributed by atoms with Crippen LogP contribution in [0.25, 0.3) is 16.7 Å². The molecule has 1 N–H and O–H groups in total. The maximum Gasteiger partial charge on any atom is 0.307 e. The lowest BCUT2D eigenvalue weighted by atomic mass is 10.1. The van der Waals surface area contributed by atoms with Gasteiger partial charge in [0, 0.05) is 40.2 Å². The standard InChI is InChI=1S/C23H20N4O4/c1-14-10-19(27(29)30)8-9-20(14)26-15(2)11-18(16(26)3)13-24-25-23(28)22-12-17-6-4-5-7-21(17)31-22/h4-13H,1-3H3,(H,25,28)/b24-13+. The molecule has 8 nitrogen and oxygen atoms in total. The van der Waals surface area contributed by atoms with Crippen molar-refractivity contribution in [2.75, 3.05) is 0 Å². The van der Waals surface area contributed by atoms with Gasteiger partial charge in [0.05, 0.1) is 11.1 Å². The molecule has 0 aliphatic rings. The zero-order chi connectivity index (χ0) is 22.1. The minimum atomic E-state index is -0.438. The smallest absolute Gasteiger partial charge is 0.307 e. The summed E-state index contributed by atoms with van der Waals surface area (Å²) in [6.07, 6.45) is 1.57. The van der Waals surface area contributed by atoms with Crippen molar-refractivity contribution in [3.63, 3.8) is 0 Å². The molecule has 2 heterocycles. The number of nitrogens with one attached hydrogen (secondary N) is 1. The molecule has 1 amide bonds. The number of rotatable bonds is 5. The lowest BCUT2D eigenvalue weighted by Gasteiger charge is -2.12. The molecule has 0 saturated carbocycles. The minimum absolute atomic E-state index is 0.0544. The number of hydrogen-bond donors (Lipinski definition) is 1. The predicted octanol–water partition coefficient (Wildman–Crippen LogP) is 4.82. The van der Waals surface area contributed by atoms with Crippen LogP contribution in [-0.2, 0) is 0 Å². The molecule has 4 rings (SSSR count). The van der Waals surface area contributed by atoms with Crippen LogP contribution in [0, 0.1) is 30.9 Å². The largest absolute Gasteiger partial charge is 0.451 e. The Bertz CT molecular complexity index is 1310. The number of hydrazone groups is 1. The van der Waals surface area contributed by atoms with E-state index in [9.17, 15) is 14.9 Å². The van der Waals surface area contributed by atoms with E-state index in [1.165, 1.54) is 6.07 Å². The number of non-ortho nitro benzene ring substituents is 1. The van der Waals surface area contributed by atoms with Gasteiger partial charge >= 0.3 is 5.91 Å². The van der Waals surface area contributed by atoms with Gasteiger partial charge < -0.3 is 8.98 Å². The first kappa shape index (κ1) is 20.1. The van der Waals surface area contributed by atoms with Gasteiger partial charge in [-0.2, -0.15) is 5.10 Å². The highest BCUT2D eigenvalue weighted by Gasteiger charge is 2.15. The lowest BCUT2D eigenvalue weighted by molar-refractivity contribution is -0.384. The highest BCUT2D eigenvalue weighted by Crippen LogP contribution is 2.25. The lowest BCUT2D eigenvalue weighted by Crippen LogP contribution is -2.16. The highest BCUT2D eigenvalue weighted by atomic mass is 16.6. The van der Waals surface area contributed by atoms with Gasteiger partial charge in [0.1, 0.15) is 5.58 Å². The number of carbonyl (C=O) groups excluding carboxylic acids is 1. The van der Waals surface area contributed by atoms with E-state index in [1.807, 2.05) is 49.6 Å². The van der Waals surface area contributed by atoms with E-state index in [0.717, 1.165) is 33.6 Å². The van der Waals surface area contributed by atoms with E-state index in [4.69, 9.17) is 4.42 Å². The molecule has 0 unspecified atom stereocenters. The summed E-state index contributed by atoms with van der Waals surface area (Å²) in [5.74, 6) is -0.252. The fourth-order valence-electron chi connectivity index (χ4n) is 3.60. The first-order valence-electron chi connectivity index (χ1n) is 9.61. The molecular formula is C23H20N4O4. The summed E-state index contributed by atoms with van der Waals surface area (Å²) >= 11 is 0. The Hall–Kier alpha value is -4.20. The van der Waals surface area contributed by atoms with Crippen molar-refractivity contribution in [1.82, 2.24) is 9.99 Å². The summed E-state index contributed by atoms with van der Waals surface area (Å²) in [5.41, 5.74) is 7.49. The summed E-state index contributed by atoms with van der Waals surface area (Å²) in [6.45, 7) is 5.71. The number of nitro benzene ring substituents is 1. The normalized spacial score (nSPS) is 11.3. The quantitative estimate of drug-likeness (QED) is 0.286. The molecule has 0 spiro atoms. The van der Waals surface area contributed by atoms with Crippen LogP contribution in [0.3, 0.4) is 0 Å². The molecule has 0 atom stereocenters. The van der Waals surface area contributed by atoms with E-state index in [2.05, 4.69) is 10.5 Å². The van der Waals surface area contributed by atoms with Gasteiger partial charge in [0.25, 0.3) is 5.69 Å². The number of aromatic nitrogens is 1. The number of benzene rings is 2. The number of para-hydroxylation sites is 1. The molecule has 0 aliphatic carbocycles. The first-order valence-corrected chi connectivity index (χ1v) is 9.61. The summed E-state index contributed by atoms with van der Waals surface area (Å²) in [5, 5.41) is 15.9. The number of amides is 1. The Kier molecular flexibility index (Phi) is 5.12. The third kappa shape index (κ3) is 3.83. The van der Waals surface area contributed by atoms with E-state index >= 15 is 0 Å². The van der Waals surface area contributed by atoms with Gasteiger partial charge in [-0.15, -0.1) is 0 Å². The van der Waals surface area contributed by atoms with Crippen LogP contribution in [0.4, 0.5) is 5.69 Å². The molecule has 31 heavy (non-hydrogen) atoms. The fraction of sp³-hybridized carbons (Fsp3) is 0.130.